The summed E-state index contributed by atoms with van der Waals surface area (Å²) in [6.07, 6.45) is 2.07. The van der Waals surface area contributed by atoms with Crippen LogP contribution in [-0.4, -0.2) is 25.4 Å². The normalized spacial score (nSPS) is 12.8. The van der Waals surface area contributed by atoms with E-state index in [1.807, 2.05) is 39.0 Å². The molecule has 0 unspecified atom stereocenters. The lowest BCUT2D eigenvalue weighted by atomic mass is 10.1. The molecule has 0 amide bonds. The Morgan fingerprint density at radius 1 is 0.889 bits per heavy atom. The van der Waals surface area contributed by atoms with Crippen molar-refractivity contribution in [1.82, 2.24) is 0 Å². The van der Waals surface area contributed by atoms with Gasteiger partial charge in [-0.2, -0.15) is 0 Å². The van der Waals surface area contributed by atoms with Crippen molar-refractivity contribution in [3.05, 3.63) is 71.3 Å². The first kappa shape index (κ1) is 22.1. The Bertz CT molecular complexity index is 719. The zero-order valence-corrected chi connectivity index (χ0v) is 18.1. The molecule has 0 bridgehead atoms. The number of ether oxygens (including phenoxy) is 3. The first-order valence-corrected chi connectivity index (χ1v) is 10.5. The second-order valence-corrected chi connectivity index (χ2v) is 8.25. The van der Waals surface area contributed by atoms with Gasteiger partial charge in [0.2, 0.25) is 0 Å². The first-order chi connectivity index (χ1) is 12.9. The van der Waals surface area contributed by atoms with E-state index in [1.165, 1.54) is 5.56 Å². The zero-order chi connectivity index (χ0) is 19.7. The van der Waals surface area contributed by atoms with Crippen molar-refractivity contribution in [2.75, 3.05) is 19.8 Å². The number of thiol groups is 1. The minimum Gasteiger partial charge on any atom is -0.351 e. The van der Waals surface area contributed by atoms with Crippen molar-refractivity contribution in [3.63, 3.8) is 0 Å². The van der Waals surface area contributed by atoms with Gasteiger partial charge in [-0.15, -0.1) is 24.4 Å². The van der Waals surface area contributed by atoms with Crippen molar-refractivity contribution in [1.29, 1.82) is 0 Å². The van der Waals surface area contributed by atoms with Crippen molar-refractivity contribution in [2.45, 2.75) is 33.0 Å². The van der Waals surface area contributed by atoms with Crippen LogP contribution in [0, 0.1) is 0 Å². The van der Waals surface area contributed by atoms with Gasteiger partial charge in [-0.25, -0.2) is 0 Å². The van der Waals surface area contributed by atoms with Crippen molar-refractivity contribution < 1.29 is 14.2 Å². The van der Waals surface area contributed by atoms with E-state index in [0.717, 1.165) is 20.9 Å². The summed E-state index contributed by atoms with van der Waals surface area (Å²) in [5.41, 5.74) is 3.15. The van der Waals surface area contributed by atoms with E-state index in [0.29, 0.717) is 6.61 Å². The molecule has 3 nitrogen and oxygen atoms in total. The number of hydrogen-bond donors (Lipinski definition) is 1. The van der Waals surface area contributed by atoms with E-state index in [4.69, 9.17) is 26.8 Å². The third kappa shape index (κ3) is 7.72. The lowest BCUT2D eigenvalue weighted by Gasteiger charge is -2.19. The molecule has 0 aromatic heterocycles. The monoisotopic (exact) mass is 404 g/mol. The lowest BCUT2D eigenvalue weighted by Crippen LogP contribution is -2.21. The van der Waals surface area contributed by atoms with Crippen LogP contribution >= 0.6 is 24.4 Å². The molecule has 0 fully saturated rings. The van der Waals surface area contributed by atoms with Crippen LogP contribution in [0.3, 0.4) is 0 Å². The summed E-state index contributed by atoms with van der Waals surface area (Å²) in [6.45, 7) is 6.90. The molecule has 0 saturated carbocycles. The molecule has 0 aliphatic carbocycles. The van der Waals surface area contributed by atoms with Gasteiger partial charge in [0, 0.05) is 9.81 Å². The molecule has 146 valence electrons. The molecule has 0 atom stereocenters. The summed E-state index contributed by atoms with van der Waals surface area (Å²) < 4.78 is 16.3. The molecule has 2 rings (SSSR count). The molecule has 0 aliphatic heterocycles. The topological polar surface area (TPSA) is 27.7 Å². The number of thioether (sulfide) groups is 1. The van der Waals surface area contributed by atoms with Gasteiger partial charge < -0.3 is 14.2 Å². The predicted octanol–water partition coefficient (Wildman–Crippen LogP) is 6.07. The van der Waals surface area contributed by atoms with Crippen LogP contribution < -0.4 is 0 Å². The molecular formula is C22H28O3S2. The van der Waals surface area contributed by atoms with Crippen LogP contribution in [0.5, 0.6) is 0 Å². The Labute approximate surface area is 172 Å². The van der Waals surface area contributed by atoms with Gasteiger partial charge in [0.05, 0.1) is 12.2 Å². The van der Waals surface area contributed by atoms with E-state index in [9.17, 15) is 0 Å². The molecule has 0 radical (unpaired) electrons. The van der Waals surface area contributed by atoms with Gasteiger partial charge in [0.25, 0.3) is 0 Å². The molecule has 0 heterocycles. The van der Waals surface area contributed by atoms with Gasteiger partial charge in [-0.3, -0.25) is 0 Å². The van der Waals surface area contributed by atoms with Crippen molar-refractivity contribution in [2.24, 2.45) is 0 Å². The Balaban J connectivity index is 1.90. The molecule has 2 aromatic carbocycles. The zero-order valence-electron chi connectivity index (χ0n) is 16.4. The van der Waals surface area contributed by atoms with Crippen LogP contribution in [0.1, 0.15) is 37.5 Å². The summed E-state index contributed by atoms with van der Waals surface area (Å²) in [4.78, 5) is 2.14. The van der Waals surface area contributed by atoms with Crippen LogP contribution in [-0.2, 0) is 20.8 Å². The van der Waals surface area contributed by atoms with Gasteiger partial charge in [-0.1, -0.05) is 54.6 Å². The van der Waals surface area contributed by atoms with Crippen LogP contribution in [0.15, 0.2) is 54.6 Å². The van der Waals surface area contributed by atoms with Gasteiger partial charge in [-0.05, 0) is 43.7 Å². The Morgan fingerprint density at radius 2 is 1.56 bits per heavy atom. The fourth-order valence-corrected chi connectivity index (χ4v) is 3.54. The largest absolute Gasteiger partial charge is 0.351 e. The molecule has 27 heavy (non-hydrogen) atoms. The summed E-state index contributed by atoms with van der Waals surface area (Å²) >= 11 is 6.47. The van der Waals surface area contributed by atoms with E-state index >= 15 is 0 Å². The van der Waals surface area contributed by atoms with Crippen molar-refractivity contribution in [3.8, 4) is 0 Å². The SMILES string of the molecule is CS/C(=C(\S)c1ccc(COCOCOC(C)(C)C)cc1)c1ccccc1. The first-order valence-electron chi connectivity index (χ1n) is 8.82. The minimum absolute atomic E-state index is 0.205. The predicted molar refractivity (Wildman–Crippen MR) is 119 cm³/mol. The molecule has 0 aliphatic rings. The average molecular weight is 405 g/mol. The highest BCUT2D eigenvalue weighted by atomic mass is 32.2. The number of benzene rings is 2. The summed E-state index contributed by atoms with van der Waals surface area (Å²) in [7, 11) is 0. The molecule has 0 spiro atoms. The summed E-state index contributed by atoms with van der Waals surface area (Å²) in [5, 5.41) is 0. The van der Waals surface area contributed by atoms with Crippen LogP contribution in [0.2, 0.25) is 0 Å². The van der Waals surface area contributed by atoms with Crippen LogP contribution in [0.25, 0.3) is 9.81 Å². The van der Waals surface area contributed by atoms with E-state index in [1.54, 1.807) is 11.8 Å². The Kier molecular flexibility index (Phi) is 8.93. The molecular weight excluding hydrogens is 376 g/mol. The summed E-state index contributed by atoms with van der Waals surface area (Å²) in [6, 6.07) is 18.6. The van der Waals surface area contributed by atoms with Gasteiger partial charge >= 0.3 is 0 Å². The molecule has 2 aromatic rings. The number of hydrogen-bond acceptors (Lipinski definition) is 5. The maximum absolute atomic E-state index is 5.54. The second-order valence-electron chi connectivity index (χ2n) is 6.99. The Hall–Kier alpha value is -1.24. The third-order valence-corrected chi connectivity index (χ3v) is 5.17. The highest BCUT2D eigenvalue weighted by molar-refractivity contribution is 8.09. The second kappa shape index (κ2) is 10.9. The van der Waals surface area contributed by atoms with Crippen LogP contribution in [0.4, 0.5) is 0 Å². The lowest BCUT2D eigenvalue weighted by molar-refractivity contribution is -0.170. The maximum Gasteiger partial charge on any atom is 0.150 e. The molecule has 0 saturated heterocycles. The smallest absolute Gasteiger partial charge is 0.150 e. The fourth-order valence-electron chi connectivity index (χ4n) is 2.30. The standard InChI is InChI=1S/C22H28O3S2/c1-22(2,3)25-16-24-15-23-14-17-10-12-18(13-11-17)20(26)21(27-4)19-8-6-5-7-9-19/h5-13,26H,14-16H2,1-4H3/b21-20-. The average Bonchev–Trinajstić information content (AvgIpc) is 2.65. The fraction of sp³-hybridized carbons (Fsp3) is 0.364. The molecule has 0 N–H and O–H groups in total. The van der Waals surface area contributed by atoms with E-state index in [-0.39, 0.29) is 19.2 Å². The van der Waals surface area contributed by atoms with Crippen molar-refractivity contribution >= 4 is 34.2 Å². The third-order valence-electron chi connectivity index (χ3n) is 3.69. The maximum atomic E-state index is 5.54. The van der Waals surface area contributed by atoms with E-state index in [2.05, 4.69) is 42.7 Å². The summed E-state index contributed by atoms with van der Waals surface area (Å²) in [5.74, 6) is 0. The quantitative estimate of drug-likeness (QED) is 0.238. The number of rotatable bonds is 9. The van der Waals surface area contributed by atoms with Gasteiger partial charge in [0.15, 0.2) is 0 Å². The molecule has 5 heteroatoms. The highest BCUT2D eigenvalue weighted by Gasteiger charge is 2.09. The van der Waals surface area contributed by atoms with E-state index < -0.39 is 0 Å². The minimum atomic E-state index is -0.205. The Morgan fingerprint density at radius 3 is 2.15 bits per heavy atom. The highest BCUT2D eigenvalue weighted by Crippen LogP contribution is 2.36. The van der Waals surface area contributed by atoms with Gasteiger partial charge in [0.1, 0.15) is 13.6 Å².